The summed E-state index contributed by atoms with van der Waals surface area (Å²) in [6.07, 6.45) is -4.31. The van der Waals surface area contributed by atoms with E-state index in [0.29, 0.717) is 23.7 Å². The second kappa shape index (κ2) is 6.81. The van der Waals surface area contributed by atoms with Crippen molar-refractivity contribution in [3.05, 3.63) is 68.7 Å². The van der Waals surface area contributed by atoms with Crippen LogP contribution in [-0.4, -0.2) is 0 Å². The summed E-state index contributed by atoms with van der Waals surface area (Å²) >= 11 is 9.28. The smallest absolute Gasteiger partial charge is 0.309 e. The monoisotopic (exact) mass is 377 g/mol. The molecular weight excluding hydrogens is 367 g/mol. The highest BCUT2D eigenvalue weighted by Crippen LogP contribution is 2.29. The number of nitrogens with one attached hydrogen (secondary N) is 1. The largest absolute Gasteiger partial charge is 0.416 e. The fraction of sp³-hybridized carbons (Fsp3) is 0.200. The Morgan fingerprint density at radius 3 is 2.29 bits per heavy atom. The van der Waals surface area contributed by atoms with Crippen molar-refractivity contribution in [3.8, 4) is 0 Å². The van der Waals surface area contributed by atoms with Crippen LogP contribution in [0.25, 0.3) is 0 Å². The van der Waals surface area contributed by atoms with Crippen LogP contribution in [0.3, 0.4) is 0 Å². The molecule has 0 amide bonds. The summed E-state index contributed by atoms with van der Waals surface area (Å²) in [5, 5.41) is 3.71. The van der Waals surface area contributed by atoms with E-state index in [1.165, 1.54) is 6.07 Å². The molecule has 2 rings (SSSR count). The Morgan fingerprint density at radius 2 is 1.67 bits per heavy atom. The van der Waals surface area contributed by atoms with Crippen LogP contribution in [0.1, 0.15) is 16.7 Å². The number of hydrogen-bond donors (Lipinski definition) is 1. The van der Waals surface area contributed by atoms with Crippen molar-refractivity contribution < 1.29 is 13.2 Å². The molecule has 1 nitrogen and oxygen atoms in total. The Labute approximate surface area is 134 Å². The van der Waals surface area contributed by atoms with Gasteiger partial charge in [0.15, 0.2) is 0 Å². The molecule has 0 atom stereocenters. The molecule has 0 spiro atoms. The third-order valence-corrected chi connectivity index (χ3v) is 4.13. The first kappa shape index (κ1) is 16.3. The molecule has 0 radical (unpaired) electrons. The van der Waals surface area contributed by atoms with Gasteiger partial charge in [-0.15, -0.1) is 0 Å². The Morgan fingerprint density at radius 1 is 1.00 bits per heavy atom. The van der Waals surface area contributed by atoms with Gasteiger partial charge in [-0.25, -0.2) is 0 Å². The Hall–Kier alpha value is -1.04. The van der Waals surface area contributed by atoms with Gasteiger partial charge in [-0.1, -0.05) is 35.9 Å². The van der Waals surface area contributed by atoms with E-state index in [-0.39, 0.29) is 0 Å². The average Bonchev–Trinajstić information content (AvgIpc) is 2.42. The fourth-order valence-corrected chi connectivity index (χ4v) is 2.31. The van der Waals surface area contributed by atoms with Crippen LogP contribution < -0.4 is 5.32 Å². The van der Waals surface area contributed by atoms with Crippen molar-refractivity contribution >= 4 is 27.5 Å². The molecule has 2 aromatic rings. The van der Waals surface area contributed by atoms with Crippen LogP contribution in [0.15, 0.2) is 46.9 Å². The van der Waals surface area contributed by atoms with E-state index in [2.05, 4.69) is 21.2 Å². The zero-order valence-electron chi connectivity index (χ0n) is 10.8. The van der Waals surface area contributed by atoms with E-state index >= 15 is 0 Å². The third-order valence-electron chi connectivity index (χ3n) is 2.90. The van der Waals surface area contributed by atoms with Crippen molar-refractivity contribution in [1.29, 1.82) is 0 Å². The zero-order valence-corrected chi connectivity index (χ0v) is 13.2. The lowest BCUT2D eigenvalue weighted by atomic mass is 10.1. The minimum atomic E-state index is -4.31. The van der Waals surface area contributed by atoms with Gasteiger partial charge in [0.1, 0.15) is 0 Å². The molecule has 0 unspecified atom stereocenters. The molecule has 0 aliphatic heterocycles. The molecule has 0 aliphatic rings. The lowest BCUT2D eigenvalue weighted by Gasteiger charge is -2.10. The maximum Gasteiger partial charge on any atom is 0.416 e. The molecule has 0 aromatic heterocycles. The molecular formula is C15H12BrClF3N. The van der Waals surface area contributed by atoms with E-state index in [9.17, 15) is 13.2 Å². The first-order chi connectivity index (χ1) is 9.86. The predicted octanol–water partition coefficient (Wildman–Crippen LogP) is 5.41. The van der Waals surface area contributed by atoms with Crippen molar-refractivity contribution in [3.63, 3.8) is 0 Å². The summed E-state index contributed by atoms with van der Waals surface area (Å²) in [6.45, 7) is 0.890. The predicted molar refractivity (Wildman–Crippen MR) is 81.1 cm³/mol. The molecule has 0 heterocycles. The van der Waals surface area contributed by atoms with Gasteiger partial charge in [0.25, 0.3) is 0 Å². The maximum atomic E-state index is 12.6. The first-order valence-electron chi connectivity index (χ1n) is 6.17. The summed E-state index contributed by atoms with van der Waals surface area (Å²) in [4.78, 5) is 0. The first-order valence-corrected chi connectivity index (χ1v) is 7.34. The summed E-state index contributed by atoms with van der Waals surface area (Å²) in [5.74, 6) is 0. The zero-order chi connectivity index (χ0) is 15.5. The van der Waals surface area contributed by atoms with E-state index in [0.717, 1.165) is 22.2 Å². The van der Waals surface area contributed by atoms with Gasteiger partial charge in [-0.3, -0.25) is 0 Å². The van der Waals surface area contributed by atoms with Crippen molar-refractivity contribution in [2.75, 3.05) is 0 Å². The maximum absolute atomic E-state index is 12.6. The number of alkyl halides is 3. The van der Waals surface area contributed by atoms with Crippen LogP contribution in [0.2, 0.25) is 5.02 Å². The lowest BCUT2D eigenvalue weighted by Crippen LogP contribution is -2.13. The molecule has 21 heavy (non-hydrogen) atoms. The van der Waals surface area contributed by atoms with Crippen LogP contribution in [0.4, 0.5) is 13.2 Å². The summed E-state index contributed by atoms with van der Waals surface area (Å²) in [5.41, 5.74) is 0.927. The van der Waals surface area contributed by atoms with Crippen LogP contribution >= 0.6 is 27.5 Å². The molecule has 0 fully saturated rings. The van der Waals surface area contributed by atoms with Gasteiger partial charge >= 0.3 is 6.18 Å². The van der Waals surface area contributed by atoms with E-state index in [1.54, 1.807) is 6.07 Å². The Bertz CT molecular complexity index is 629. The van der Waals surface area contributed by atoms with Crippen LogP contribution in [0.5, 0.6) is 0 Å². The average molecular weight is 379 g/mol. The highest BCUT2D eigenvalue weighted by atomic mass is 79.9. The number of hydrogen-bond acceptors (Lipinski definition) is 1. The lowest BCUT2D eigenvalue weighted by molar-refractivity contribution is -0.137. The number of rotatable bonds is 4. The van der Waals surface area contributed by atoms with Gasteiger partial charge in [-0.2, -0.15) is 13.2 Å². The molecule has 112 valence electrons. The van der Waals surface area contributed by atoms with Crippen molar-refractivity contribution in [1.82, 2.24) is 5.32 Å². The van der Waals surface area contributed by atoms with Gasteiger partial charge in [0.05, 0.1) is 10.6 Å². The topological polar surface area (TPSA) is 12.0 Å². The van der Waals surface area contributed by atoms with Crippen LogP contribution in [0, 0.1) is 0 Å². The van der Waals surface area contributed by atoms with E-state index in [1.807, 2.05) is 18.2 Å². The van der Waals surface area contributed by atoms with Gasteiger partial charge in [0, 0.05) is 17.6 Å². The third kappa shape index (κ3) is 4.73. The van der Waals surface area contributed by atoms with Gasteiger partial charge < -0.3 is 5.32 Å². The molecule has 1 N–H and O–H groups in total. The SMILES string of the molecule is FC(F)(F)c1cccc(CNCc2ccc(Br)c(Cl)c2)c1. The van der Waals surface area contributed by atoms with Crippen molar-refractivity contribution in [2.24, 2.45) is 0 Å². The number of benzene rings is 2. The second-order valence-corrected chi connectivity index (χ2v) is 5.81. The fourth-order valence-electron chi connectivity index (χ4n) is 1.86. The molecule has 0 saturated carbocycles. The molecule has 2 aromatic carbocycles. The molecule has 0 saturated heterocycles. The summed E-state index contributed by atoms with van der Waals surface area (Å²) in [6, 6.07) is 10.8. The molecule has 0 bridgehead atoms. The minimum absolute atomic E-state index is 0.359. The van der Waals surface area contributed by atoms with Gasteiger partial charge in [0.2, 0.25) is 0 Å². The molecule has 6 heteroatoms. The summed E-state index contributed by atoms with van der Waals surface area (Å²) in [7, 11) is 0. The van der Waals surface area contributed by atoms with E-state index in [4.69, 9.17) is 11.6 Å². The summed E-state index contributed by atoms with van der Waals surface area (Å²) < 4.78 is 38.6. The highest BCUT2D eigenvalue weighted by molar-refractivity contribution is 9.10. The van der Waals surface area contributed by atoms with Crippen molar-refractivity contribution in [2.45, 2.75) is 19.3 Å². The Kier molecular flexibility index (Phi) is 5.30. The quantitative estimate of drug-likeness (QED) is 0.750. The Balaban J connectivity index is 1.96. The molecule has 0 aliphatic carbocycles. The van der Waals surface area contributed by atoms with E-state index < -0.39 is 11.7 Å². The minimum Gasteiger partial charge on any atom is -0.309 e. The highest BCUT2D eigenvalue weighted by Gasteiger charge is 2.30. The number of halogens is 5. The standard InChI is InChI=1S/C15H12BrClF3N/c16-13-5-4-11(7-14(13)17)9-21-8-10-2-1-3-12(6-10)15(18,19)20/h1-7,21H,8-9H2. The second-order valence-electron chi connectivity index (χ2n) is 4.55. The normalized spacial score (nSPS) is 11.7. The van der Waals surface area contributed by atoms with Gasteiger partial charge in [-0.05, 0) is 45.3 Å². The van der Waals surface area contributed by atoms with Crippen LogP contribution in [-0.2, 0) is 19.3 Å².